The van der Waals surface area contributed by atoms with Crippen molar-refractivity contribution in [3.63, 3.8) is 0 Å². The molecule has 4 heteroatoms. The maximum Gasteiger partial charge on any atom is 0.0727 e. The van der Waals surface area contributed by atoms with Gasteiger partial charge in [-0.2, -0.15) is 0 Å². The molecule has 0 spiro atoms. The minimum atomic E-state index is -1.16. The van der Waals surface area contributed by atoms with Gasteiger partial charge in [-0.05, 0) is 28.7 Å². The van der Waals surface area contributed by atoms with Crippen molar-refractivity contribution in [3.8, 4) is 0 Å². The van der Waals surface area contributed by atoms with Gasteiger partial charge in [0, 0.05) is 21.5 Å². The van der Waals surface area contributed by atoms with Gasteiger partial charge in [-0.25, -0.2) is 0 Å². The van der Waals surface area contributed by atoms with Gasteiger partial charge in [0.2, 0.25) is 0 Å². The summed E-state index contributed by atoms with van der Waals surface area (Å²) in [7, 11) is 0. The Hall–Kier alpha value is -0.650. The van der Waals surface area contributed by atoms with E-state index in [1.165, 1.54) is 18.5 Å². The third-order valence-corrected chi connectivity index (χ3v) is 1.85. The van der Waals surface area contributed by atoms with Crippen LogP contribution in [0, 0.1) is 3.57 Å². The highest BCUT2D eigenvalue weighted by molar-refractivity contribution is 14.1. The van der Waals surface area contributed by atoms with Crippen LogP contribution in [-0.2, 0) is 0 Å². The van der Waals surface area contributed by atoms with Crippen molar-refractivity contribution in [3.05, 3.63) is 27.6 Å². The van der Waals surface area contributed by atoms with Crippen molar-refractivity contribution in [2.75, 3.05) is 0 Å². The number of pyridine rings is 1. The Morgan fingerprint density at radius 3 is 2.80 bits per heavy atom. The van der Waals surface area contributed by atoms with E-state index in [0.29, 0.717) is 3.57 Å². The molecule has 0 aliphatic heterocycles. The van der Waals surface area contributed by atoms with E-state index in [1.807, 2.05) is 22.6 Å². The van der Waals surface area contributed by atoms with E-state index in [9.17, 15) is 9.90 Å². The number of aromatic nitrogens is 1. The van der Waals surface area contributed by atoms with Crippen molar-refractivity contribution in [2.45, 2.75) is 0 Å². The Morgan fingerprint density at radius 2 is 2.40 bits per heavy atom. The van der Waals surface area contributed by atoms with E-state index >= 15 is 0 Å². The number of hydrogen-bond donors (Lipinski definition) is 0. The largest absolute Gasteiger partial charge is 0.545 e. The highest BCUT2D eigenvalue weighted by atomic mass is 127. The molecule has 0 aliphatic rings. The Kier molecular flexibility index (Phi) is 2.21. The molecule has 1 aromatic heterocycles. The lowest BCUT2D eigenvalue weighted by Gasteiger charge is -2.02. The maximum atomic E-state index is 10.3. The highest BCUT2D eigenvalue weighted by Crippen LogP contribution is 2.07. The van der Waals surface area contributed by atoms with Crippen LogP contribution in [0.15, 0.2) is 18.5 Å². The number of nitrogens with zero attached hydrogens (tertiary/aromatic N) is 1. The number of carbonyl (C=O) groups excluding carboxylic acids is 1. The molecular weight excluding hydrogens is 245 g/mol. The second kappa shape index (κ2) is 2.96. The molecule has 52 valence electrons. The zero-order chi connectivity index (χ0) is 7.56. The topological polar surface area (TPSA) is 53.0 Å². The molecule has 0 atom stereocenters. The molecule has 10 heavy (non-hydrogen) atoms. The lowest BCUT2D eigenvalue weighted by Crippen LogP contribution is -2.23. The summed E-state index contributed by atoms with van der Waals surface area (Å²) in [5.74, 6) is -1.16. The van der Waals surface area contributed by atoms with Crippen molar-refractivity contribution in [2.24, 2.45) is 0 Å². The van der Waals surface area contributed by atoms with Gasteiger partial charge in [0.25, 0.3) is 0 Å². The molecule has 1 aromatic rings. The van der Waals surface area contributed by atoms with Crippen LogP contribution in [0.2, 0.25) is 0 Å². The fraction of sp³-hybridized carbons (Fsp3) is 0. The van der Waals surface area contributed by atoms with Crippen LogP contribution in [0.3, 0.4) is 0 Å². The molecule has 0 saturated carbocycles. The normalized spacial score (nSPS) is 9.30. The fourth-order valence-corrected chi connectivity index (χ4v) is 1.10. The fourth-order valence-electron chi connectivity index (χ4n) is 0.541. The molecule has 0 N–H and O–H groups in total. The molecule has 0 saturated heterocycles. The standard InChI is InChI=1S/C6H4INO2/c7-5-3-8-2-1-4(5)6(9)10/h1-3H,(H,9,10)/p-1. The summed E-state index contributed by atoms with van der Waals surface area (Å²) in [5, 5.41) is 10.3. The van der Waals surface area contributed by atoms with Crippen LogP contribution < -0.4 is 5.11 Å². The first-order valence-corrected chi connectivity index (χ1v) is 3.60. The Bertz CT molecular complexity index is 262. The summed E-state index contributed by atoms with van der Waals surface area (Å²) in [6, 6.07) is 1.41. The van der Waals surface area contributed by atoms with Gasteiger partial charge in [-0.15, -0.1) is 0 Å². The van der Waals surface area contributed by atoms with Crippen LogP contribution >= 0.6 is 22.6 Å². The van der Waals surface area contributed by atoms with Gasteiger partial charge >= 0.3 is 0 Å². The predicted octanol–water partition coefficient (Wildman–Crippen LogP) is 0.0497. The minimum Gasteiger partial charge on any atom is -0.545 e. The molecule has 0 unspecified atom stereocenters. The van der Waals surface area contributed by atoms with Crippen LogP contribution in [0.25, 0.3) is 0 Å². The van der Waals surface area contributed by atoms with Crippen molar-refractivity contribution < 1.29 is 9.90 Å². The summed E-state index contributed by atoms with van der Waals surface area (Å²) in [6.07, 6.45) is 2.90. The van der Waals surface area contributed by atoms with E-state index in [0.717, 1.165) is 0 Å². The van der Waals surface area contributed by atoms with Crippen LogP contribution in [0.4, 0.5) is 0 Å². The average Bonchev–Trinajstić information content (AvgIpc) is 1.88. The molecule has 0 aromatic carbocycles. The predicted molar refractivity (Wildman–Crippen MR) is 41.3 cm³/mol. The highest BCUT2D eigenvalue weighted by Gasteiger charge is 1.96. The van der Waals surface area contributed by atoms with Gasteiger partial charge in [0.05, 0.1) is 5.97 Å². The number of carbonyl (C=O) groups is 1. The third-order valence-electron chi connectivity index (χ3n) is 0.992. The average molecular weight is 248 g/mol. The molecule has 0 amide bonds. The van der Waals surface area contributed by atoms with Gasteiger partial charge in [0.15, 0.2) is 0 Å². The Morgan fingerprint density at radius 1 is 1.70 bits per heavy atom. The van der Waals surface area contributed by atoms with E-state index < -0.39 is 5.97 Å². The smallest absolute Gasteiger partial charge is 0.0727 e. The molecule has 0 aliphatic carbocycles. The Balaban J connectivity index is 3.15. The first kappa shape index (κ1) is 7.46. The molecule has 3 nitrogen and oxygen atoms in total. The second-order valence-electron chi connectivity index (χ2n) is 1.64. The molecule has 0 bridgehead atoms. The zero-order valence-corrected chi connectivity index (χ0v) is 7.03. The lowest BCUT2D eigenvalue weighted by molar-refractivity contribution is -0.255. The lowest BCUT2D eigenvalue weighted by atomic mass is 10.3. The first-order chi connectivity index (χ1) is 4.72. The second-order valence-corrected chi connectivity index (χ2v) is 2.81. The van der Waals surface area contributed by atoms with E-state index in [1.54, 1.807) is 0 Å². The summed E-state index contributed by atoms with van der Waals surface area (Å²) in [6.45, 7) is 0. The quantitative estimate of drug-likeness (QED) is 0.660. The van der Waals surface area contributed by atoms with Crippen molar-refractivity contribution in [1.29, 1.82) is 0 Å². The van der Waals surface area contributed by atoms with Gasteiger partial charge in [-0.3, -0.25) is 4.98 Å². The summed E-state index contributed by atoms with van der Waals surface area (Å²) < 4.78 is 0.597. The van der Waals surface area contributed by atoms with E-state index in [2.05, 4.69) is 4.98 Å². The van der Waals surface area contributed by atoms with Gasteiger partial charge in [0.1, 0.15) is 0 Å². The summed E-state index contributed by atoms with van der Waals surface area (Å²) >= 11 is 1.89. The van der Waals surface area contributed by atoms with Crippen LogP contribution in [0.5, 0.6) is 0 Å². The Labute approximate surface area is 71.2 Å². The van der Waals surface area contributed by atoms with Crippen molar-refractivity contribution >= 4 is 28.6 Å². The van der Waals surface area contributed by atoms with Gasteiger partial charge in [-0.1, -0.05) is 0 Å². The zero-order valence-electron chi connectivity index (χ0n) is 4.87. The van der Waals surface area contributed by atoms with E-state index in [4.69, 9.17) is 0 Å². The molecule has 1 heterocycles. The minimum absolute atomic E-state index is 0.190. The number of halogens is 1. The molecule has 0 radical (unpaired) electrons. The van der Waals surface area contributed by atoms with Crippen LogP contribution in [0.1, 0.15) is 10.4 Å². The maximum absolute atomic E-state index is 10.3. The molecule has 0 fully saturated rings. The third kappa shape index (κ3) is 1.44. The SMILES string of the molecule is O=C([O-])c1ccncc1I. The van der Waals surface area contributed by atoms with Crippen molar-refractivity contribution in [1.82, 2.24) is 4.98 Å². The molecular formula is C6H3INO2-. The summed E-state index contributed by atoms with van der Waals surface area (Å²) in [5.41, 5.74) is 0.190. The number of aromatic carboxylic acids is 1. The van der Waals surface area contributed by atoms with Gasteiger partial charge < -0.3 is 9.90 Å². The number of hydrogen-bond acceptors (Lipinski definition) is 3. The first-order valence-electron chi connectivity index (χ1n) is 2.52. The summed E-state index contributed by atoms with van der Waals surface area (Å²) in [4.78, 5) is 14.0. The number of rotatable bonds is 1. The number of carboxylic acids is 1. The molecule has 1 rings (SSSR count). The number of carboxylic acid groups (broad SMARTS) is 1. The van der Waals surface area contributed by atoms with E-state index in [-0.39, 0.29) is 5.56 Å². The van der Waals surface area contributed by atoms with Crippen LogP contribution in [-0.4, -0.2) is 11.0 Å². The monoisotopic (exact) mass is 248 g/mol.